The molecule has 0 aliphatic heterocycles. The first-order valence-electron chi connectivity index (χ1n) is 14.0. The zero-order chi connectivity index (χ0) is 28.9. The van der Waals surface area contributed by atoms with Crippen LogP contribution in [0.4, 0.5) is 10.5 Å². The van der Waals surface area contributed by atoms with Crippen molar-refractivity contribution in [2.75, 3.05) is 31.6 Å². The van der Waals surface area contributed by atoms with Gasteiger partial charge in [0.05, 0.1) is 6.54 Å². The summed E-state index contributed by atoms with van der Waals surface area (Å²) >= 11 is 0. The maximum Gasteiger partial charge on any atom is 0.333 e. The van der Waals surface area contributed by atoms with Gasteiger partial charge in [-0.3, -0.25) is 0 Å². The zero-order valence-corrected chi connectivity index (χ0v) is 24.1. The molecule has 0 saturated carbocycles. The highest BCUT2D eigenvalue weighted by molar-refractivity contribution is 5.90. The van der Waals surface area contributed by atoms with E-state index in [9.17, 15) is 14.7 Å². The van der Waals surface area contributed by atoms with E-state index in [0.29, 0.717) is 32.1 Å². The molecule has 40 heavy (non-hydrogen) atoms. The SMILES string of the molecule is CCOC(Cc1ccc(OCCN(CCCCc2ccccc2)C(=O)Nc2cc(C)c(C)cc2C)cc1)C(=O)O. The van der Waals surface area contributed by atoms with Crippen LogP contribution in [0.2, 0.25) is 0 Å². The Labute approximate surface area is 238 Å². The molecule has 2 N–H and O–H groups in total. The Bertz CT molecular complexity index is 1230. The molecule has 0 aromatic heterocycles. The number of nitrogens with one attached hydrogen (secondary N) is 1. The number of ether oxygens (including phenoxy) is 2. The molecule has 7 nitrogen and oxygen atoms in total. The maximum absolute atomic E-state index is 13.3. The van der Waals surface area contributed by atoms with Crippen LogP contribution in [0.25, 0.3) is 0 Å². The van der Waals surface area contributed by atoms with Gasteiger partial charge in [-0.2, -0.15) is 0 Å². The lowest BCUT2D eigenvalue weighted by molar-refractivity contribution is -0.149. The van der Waals surface area contributed by atoms with Crippen LogP contribution >= 0.6 is 0 Å². The van der Waals surface area contributed by atoms with Crippen LogP contribution in [0.15, 0.2) is 66.7 Å². The fourth-order valence-corrected chi connectivity index (χ4v) is 4.51. The van der Waals surface area contributed by atoms with Gasteiger partial charge in [-0.05, 0) is 93.0 Å². The summed E-state index contributed by atoms with van der Waals surface area (Å²) < 4.78 is 11.3. The second-order valence-corrected chi connectivity index (χ2v) is 10.1. The van der Waals surface area contributed by atoms with E-state index in [0.717, 1.165) is 41.6 Å². The smallest absolute Gasteiger partial charge is 0.333 e. The number of amides is 2. The van der Waals surface area contributed by atoms with E-state index >= 15 is 0 Å². The minimum Gasteiger partial charge on any atom is -0.492 e. The summed E-state index contributed by atoms with van der Waals surface area (Å²) in [5, 5.41) is 12.4. The van der Waals surface area contributed by atoms with Crippen molar-refractivity contribution < 1.29 is 24.2 Å². The minimum absolute atomic E-state index is 0.138. The van der Waals surface area contributed by atoms with Crippen molar-refractivity contribution in [3.05, 3.63) is 94.5 Å². The van der Waals surface area contributed by atoms with Crippen LogP contribution in [0.5, 0.6) is 5.75 Å². The number of carbonyl (C=O) groups is 2. The van der Waals surface area contributed by atoms with Gasteiger partial charge in [-0.15, -0.1) is 0 Å². The summed E-state index contributed by atoms with van der Waals surface area (Å²) in [4.78, 5) is 26.5. The lowest BCUT2D eigenvalue weighted by Gasteiger charge is -2.24. The molecular weight excluding hydrogens is 504 g/mol. The third kappa shape index (κ3) is 9.72. The number of unbranched alkanes of at least 4 members (excludes halogenated alkanes) is 1. The summed E-state index contributed by atoms with van der Waals surface area (Å²) in [6.07, 6.45) is 2.26. The predicted molar refractivity (Wildman–Crippen MR) is 159 cm³/mol. The molecule has 214 valence electrons. The van der Waals surface area contributed by atoms with Gasteiger partial charge in [-0.1, -0.05) is 48.5 Å². The monoisotopic (exact) mass is 546 g/mol. The highest BCUT2D eigenvalue weighted by Gasteiger charge is 2.18. The Hall–Kier alpha value is -3.84. The van der Waals surface area contributed by atoms with Gasteiger partial charge in [0, 0.05) is 25.3 Å². The molecule has 1 atom stereocenters. The Kier molecular flexibility index (Phi) is 12.0. The van der Waals surface area contributed by atoms with Crippen molar-refractivity contribution in [3.8, 4) is 5.75 Å². The number of anilines is 1. The highest BCUT2D eigenvalue weighted by Crippen LogP contribution is 2.21. The second-order valence-electron chi connectivity index (χ2n) is 10.1. The number of hydrogen-bond acceptors (Lipinski definition) is 4. The molecular formula is C33H42N2O5. The zero-order valence-electron chi connectivity index (χ0n) is 24.1. The molecule has 0 aliphatic rings. The molecule has 1 unspecified atom stereocenters. The quantitative estimate of drug-likeness (QED) is 0.210. The van der Waals surface area contributed by atoms with Crippen molar-refractivity contribution in [3.63, 3.8) is 0 Å². The standard InChI is InChI=1S/C33H42N2O5/c1-5-39-31(32(36)37)23-28-14-16-29(17-15-28)40-20-19-35(18-10-9-13-27-11-7-6-8-12-27)33(38)34-30-22-25(3)24(2)21-26(30)4/h6-8,11-12,14-17,21-22,31H,5,9-10,13,18-20,23H2,1-4H3,(H,34,38)(H,36,37). The van der Waals surface area contributed by atoms with E-state index in [1.54, 1.807) is 6.92 Å². The molecule has 0 fully saturated rings. The van der Waals surface area contributed by atoms with Crippen LogP contribution in [0.3, 0.4) is 0 Å². The summed E-state index contributed by atoms with van der Waals surface area (Å²) in [5.74, 6) is -0.304. The van der Waals surface area contributed by atoms with Crippen LogP contribution < -0.4 is 10.1 Å². The van der Waals surface area contributed by atoms with Crippen LogP contribution in [-0.4, -0.2) is 54.4 Å². The average Bonchev–Trinajstić information content (AvgIpc) is 2.94. The van der Waals surface area contributed by atoms with E-state index in [-0.39, 0.29) is 12.5 Å². The van der Waals surface area contributed by atoms with E-state index in [2.05, 4.69) is 30.4 Å². The largest absolute Gasteiger partial charge is 0.492 e. The number of benzene rings is 3. The van der Waals surface area contributed by atoms with E-state index in [4.69, 9.17) is 9.47 Å². The van der Waals surface area contributed by atoms with Crippen LogP contribution in [-0.2, 0) is 22.4 Å². The summed E-state index contributed by atoms with van der Waals surface area (Å²) in [7, 11) is 0. The number of rotatable bonds is 15. The Balaban J connectivity index is 1.58. The lowest BCUT2D eigenvalue weighted by atomic mass is 10.1. The normalized spacial score (nSPS) is 11.6. The molecule has 0 bridgehead atoms. The van der Waals surface area contributed by atoms with E-state index < -0.39 is 12.1 Å². The molecule has 0 aliphatic carbocycles. The Morgan fingerprint density at radius 3 is 2.25 bits per heavy atom. The highest BCUT2D eigenvalue weighted by atomic mass is 16.5. The average molecular weight is 547 g/mol. The Morgan fingerprint density at radius 2 is 1.57 bits per heavy atom. The number of carboxylic acid groups (broad SMARTS) is 1. The number of carboxylic acids is 1. The van der Waals surface area contributed by atoms with Crippen molar-refractivity contribution >= 4 is 17.7 Å². The molecule has 0 spiro atoms. The van der Waals surface area contributed by atoms with E-state index in [1.165, 1.54) is 11.1 Å². The molecule has 0 radical (unpaired) electrons. The fraction of sp³-hybridized carbons (Fsp3) is 0.394. The number of aliphatic carboxylic acids is 1. The van der Waals surface area contributed by atoms with Gasteiger partial charge in [0.15, 0.2) is 6.10 Å². The first kappa shape index (κ1) is 30.7. The third-order valence-corrected chi connectivity index (χ3v) is 6.97. The maximum atomic E-state index is 13.3. The molecule has 3 rings (SSSR count). The van der Waals surface area contributed by atoms with Gasteiger partial charge in [0.1, 0.15) is 12.4 Å². The predicted octanol–water partition coefficient (Wildman–Crippen LogP) is 6.58. The number of nitrogens with zero attached hydrogens (tertiary/aromatic N) is 1. The van der Waals surface area contributed by atoms with Crippen LogP contribution in [0.1, 0.15) is 47.6 Å². The lowest BCUT2D eigenvalue weighted by Crippen LogP contribution is -2.38. The molecule has 0 saturated heterocycles. The van der Waals surface area contributed by atoms with Crippen molar-refractivity contribution in [2.24, 2.45) is 0 Å². The number of aryl methyl sites for hydroxylation is 4. The summed E-state index contributed by atoms with van der Waals surface area (Å²) in [6, 6.07) is 21.7. The van der Waals surface area contributed by atoms with Gasteiger partial charge in [0.25, 0.3) is 0 Å². The molecule has 7 heteroatoms. The topological polar surface area (TPSA) is 88.1 Å². The molecule has 2 amide bonds. The van der Waals surface area contributed by atoms with Crippen molar-refractivity contribution in [1.82, 2.24) is 4.90 Å². The van der Waals surface area contributed by atoms with Crippen molar-refractivity contribution in [1.29, 1.82) is 0 Å². The van der Waals surface area contributed by atoms with Gasteiger partial charge < -0.3 is 24.8 Å². The summed E-state index contributed by atoms with van der Waals surface area (Å²) in [6.45, 7) is 9.65. The van der Waals surface area contributed by atoms with E-state index in [1.807, 2.05) is 67.3 Å². The first-order chi connectivity index (χ1) is 19.3. The molecule has 0 heterocycles. The summed E-state index contributed by atoms with van der Waals surface area (Å²) in [5.41, 5.74) is 6.35. The number of hydrogen-bond donors (Lipinski definition) is 2. The third-order valence-electron chi connectivity index (χ3n) is 6.97. The van der Waals surface area contributed by atoms with Gasteiger partial charge >= 0.3 is 12.0 Å². The molecule has 3 aromatic rings. The molecule has 3 aromatic carbocycles. The van der Waals surface area contributed by atoms with Crippen LogP contribution in [0, 0.1) is 20.8 Å². The second kappa shape index (κ2) is 15.7. The first-order valence-corrected chi connectivity index (χ1v) is 14.0. The van der Waals surface area contributed by atoms with Crippen molar-refractivity contribution in [2.45, 2.75) is 59.5 Å². The Morgan fingerprint density at radius 1 is 0.875 bits per heavy atom. The number of carbonyl (C=O) groups excluding carboxylic acids is 1. The van der Waals surface area contributed by atoms with Gasteiger partial charge in [0.2, 0.25) is 0 Å². The van der Waals surface area contributed by atoms with Gasteiger partial charge in [-0.25, -0.2) is 9.59 Å². The minimum atomic E-state index is -0.972. The number of urea groups is 1. The fourth-order valence-electron chi connectivity index (χ4n) is 4.51.